The van der Waals surface area contributed by atoms with Crippen LogP contribution in [0.3, 0.4) is 0 Å². The smallest absolute Gasteiger partial charge is 0.255 e. The minimum Gasteiger partial charge on any atom is -0.489 e. The number of anilines is 1. The molecule has 24 heavy (non-hydrogen) atoms. The second-order valence-electron chi connectivity index (χ2n) is 5.62. The maximum absolute atomic E-state index is 12.2. The van der Waals surface area contributed by atoms with E-state index in [2.05, 4.69) is 5.32 Å². The Balaban J connectivity index is 1.59. The van der Waals surface area contributed by atoms with Crippen molar-refractivity contribution in [3.63, 3.8) is 0 Å². The molecule has 0 fully saturated rings. The first-order chi connectivity index (χ1) is 11.7. The Morgan fingerprint density at radius 3 is 2.38 bits per heavy atom. The van der Waals surface area contributed by atoms with Crippen molar-refractivity contribution in [3.05, 3.63) is 95.6 Å². The maximum atomic E-state index is 12.2. The summed E-state index contributed by atoms with van der Waals surface area (Å²) in [5, 5.41) is 2.87. The van der Waals surface area contributed by atoms with Crippen molar-refractivity contribution in [3.8, 4) is 5.75 Å². The number of amides is 1. The Morgan fingerprint density at radius 1 is 0.917 bits per heavy atom. The van der Waals surface area contributed by atoms with E-state index >= 15 is 0 Å². The molecule has 0 heterocycles. The molecule has 0 aliphatic heterocycles. The molecule has 3 nitrogen and oxygen atoms in total. The number of carbonyl (C=O) groups excluding carboxylic acids is 1. The van der Waals surface area contributed by atoms with Crippen LogP contribution in [-0.4, -0.2) is 5.91 Å². The molecule has 3 heteroatoms. The van der Waals surface area contributed by atoms with Gasteiger partial charge in [0.05, 0.1) is 0 Å². The van der Waals surface area contributed by atoms with E-state index in [0.29, 0.717) is 12.2 Å². The number of nitrogens with one attached hydrogen (secondary N) is 1. The molecule has 0 radical (unpaired) electrons. The maximum Gasteiger partial charge on any atom is 0.255 e. The fourth-order valence-corrected chi connectivity index (χ4v) is 2.35. The fraction of sp³-hybridized carbons (Fsp3) is 0.0952. The zero-order valence-corrected chi connectivity index (χ0v) is 13.5. The van der Waals surface area contributed by atoms with Crippen molar-refractivity contribution >= 4 is 11.6 Å². The number of hydrogen-bond acceptors (Lipinski definition) is 2. The van der Waals surface area contributed by atoms with E-state index in [1.807, 2.05) is 85.8 Å². The molecule has 0 saturated heterocycles. The predicted molar refractivity (Wildman–Crippen MR) is 96.3 cm³/mol. The van der Waals surface area contributed by atoms with Crippen LogP contribution < -0.4 is 10.1 Å². The predicted octanol–water partition coefficient (Wildman–Crippen LogP) is 4.83. The molecule has 3 aromatic rings. The number of hydrogen-bond donors (Lipinski definition) is 1. The van der Waals surface area contributed by atoms with Crippen LogP contribution in [0.25, 0.3) is 0 Å². The van der Waals surface area contributed by atoms with Crippen molar-refractivity contribution in [1.82, 2.24) is 0 Å². The first kappa shape index (κ1) is 15.8. The molecule has 0 saturated carbocycles. The van der Waals surface area contributed by atoms with Crippen LogP contribution >= 0.6 is 0 Å². The number of ether oxygens (including phenoxy) is 1. The summed E-state index contributed by atoms with van der Waals surface area (Å²) in [4.78, 5) is 12.2. The molecule has 0 spiro atoms. The van der Waals surface area contributed by atoms with Gasteiger partial charge in [0.25, 0.3) is 5.91 Å². The topological polar surface area (TPSA) is 38.3 Å². The SMILES string of the molecule is Cc1cccc(OCc2ccc(C(=O)Nc3ccccc3)cc2)c1. The lowest BCUT2D eigenvalue weighted by atomic mass is 10.1. The molecule has 3 aromatic carbocycles. The highest BCUT2D eigenvalue weighted by atomic mass is 16.5. The summed E-state index contributed by atoms with van der Waals surface area (Å²) in [7, 11) is 0. The average Bonchev–Trinajstić information content (AvgIpc) is 2.61. The van der Waals surface area contributed by atoms with Gasteiger partial charge in [-0.3, -0.25) is 4.79 Å². The lowest BCUT2D eigenvalue weighted by molar-refractivity contribution is 0.102. The average molecular weight is 317 g/mol. The molecular formula is C21H19NO2. The van der Waals surface area contributed by atoms with Crippen molar-refractivity contribution in [2.75, 3.05) is 5.32 Å². The molecule has 0 atom stereocenters. The lowest BCUT2D eigenvalue weighted by Gasteiger charge is -2.08. The van der Waals surface area contributed by atoms with Crippen LogP contribution in [0.5, 0.6) is 5.75 Å². The molecule has 120 valence electrons. The molecule has 3 rings (SSSR count). The second-order valence-corrected chi connectivity index (χ2v) is 5.62. The van der Waals surface area contributed by atoms with Crippen molar-refractivity contribution in [2.45, 2.75) is 13.5 Å². The highest BCUT2D eigenvalue weighted by Gasteiger charge is 2.06. The highest BCUT2D eigenvalue weighted by Crippen LogP contribution is 2.15. The quantitative estimate of drug-likeness (QED) is 0.732. The van der Waals surface area contributed by atoms with Gasteiger partial charge in [0, 0.05) is 11.3 Å². The monoisotopic (exact) mass is 317 g/mol. The van der Waals surface area contributed by atoms with E-state index in [-0.39, 0.29) is 5.91 Å². The first-order valence-electron chi connectivity index (χ1n) is 7.85. The highest BCUT2D eigenvalue weighted by molar-refractivity contribution is 6.04. The van der Waals surface area contributed by atoms with Gasteiger partial charge in [0.1, 0.15) is 12.4 Å². The molecule has 0 aliphatic carbocycles. The van der Waals surface area contributed by atoms with E-state index < -0.39 is 0 Å². The Morgan fingerprint density at radius 2 is 1.67 bits per heavy atom. The molecule has 0 bridgehead atoms. The number of para-hydroxylation sites is 1. The van der Waals surface area contributed by atoms with Gasteiger partial charge < -0.3 is 10.1 Å². The molecule has 0 aromatic heterocycles. The Labute approximate surface area is 141 Å². The third kappa shape index (κ3) is 4.23. The summed E-state index contributed by atoms with van der Waals surface area (Å²) < 4.78 is 5.77. The van der Waals surface area contributed by atoms with Crippen LogP contribution in [-0.2, 0) is 6.61 Å². The van der Waals surface area contributed by atoms with E-state index in [4.69, 9.17) is 4.74 Å². The molecule has 0 aliphatic rings. The number of carbonyl (C=O) groups is 1. The summed E-state index contributed by atoms with van der Waals surface area (Å²) in [6.07, 6.45) is 0. The summed E-state index contributed by atoms with van der Waals surface area (Å²) in [5.41, 5.74) is 3.60. The Kier molecular flexibility index (Phi) is 4.92. The van der Waals surface area contributed by atoms with Gasteiger partial charge >= 0.3 is 0 Å². The van der Waals surface area contributed by atoms with Crippen LogP contribution in [0.4, 0.5) is 5.69 Å². The first-order valence-corrected chi connectivity index (χ1v) is 7.85. The van der Waals surface area contributed by atoms with Crippen LogP contribution in [0, 0.1) is 6.92 Å². The second kappa shape index (κ2) is 7.47. The van der Waals surface area contributed by atoms with Crippen LogP contribution in [0.2, 0.25) is 0 Å². The minimum atomic E-state index is -0.118. The number of benzene rings is 3. The summed E-state index contributed by atoms with van der Waals surface area (Å²) in [6.45, 7) is 2.51. The van der Waals surface area contributed by atoms with Gasteiger partial charge in [-0.2, -0.15) is 0 Å². The van der Waals surface area contributed by atoms with Gasteiger partial charge in [-0.15, -0.1) is 0 Å². The van der Waals surface area contributed by atoms with Gasteiger partial charge in [-0.1, -0.05) is 42.5 Å². The van der Waals surface area contributed by atoms with Crippen molar-refractivity contribution in [2.24, 2.45) is 0 Å². The zero-order chi connectivity index (χ0) is 16.8. The van der Waals surface area contributed by atoms with E-state index in [1.54, 1.807) is 0 Å². The Hall–Kier alpha value is -3.07. The van der Waals surface area contributed by atoms with Crippen LogP contribution in [0.15, 0.2) is 78.9 Å². The van der Waals surface area contributed by atoms with Gasteiger partial charge in [-0.05, 0) is 54.4 Å². The van der Waals surface area contributed by atoms with E-state index in [0.717, 1.165) is 17.0 Å². The van der Waals surface area contributed by atoms with Gasteiger partial charge in [0.15, 0.2) is 0 Å². The standard InChI is InChI=1S/C21H19NO2/c1-16-6-5-9-20(14-16)24-15-17-10-12-18(13-11-17)21(23)22-19-7-3-2-4-8-19/h2-14H,15H2,1H3,(H,22,23). The normalized spacial score (nSPS) is 10.2. The van der Waals surface area contributed by atoms with Crippen LogP contribution in [0.1, 0.15) is 21.5 Å². The molecule has 1 N–H and O–H groups in total. The third-order valence-electron chi connectivity index (χ3n) is 3.64. The zero-order valence-electron chi connectivity index (χ0n) is 13.5. The summed E-state index contributed by atoms with van der Waals surface area (Å²) in [6, 6.07) is 24.8. The van der Waals surface area contributed by atoms with Gasteiger partial charge in [0.2, 0.25) is 0 Å². The number of rotatable bonds is 5. The Bertz CT molecular complexity index is 811. The summed E-state index contributed by atoms with van der Waals surface area (Å²) >= 11 is 0. The van der Waals surface area contributed by atoms with Gasteiger partial charge in [-0.25, -0.2) is 0 Å². The largest absolute Gasteiger partial charge is 0.489 e. The lowest BCUT2D eigenvalue weighted by Crippen LogP contribution is -2.11. The third-order valence-corrected chi connectivity index (χ3v) is 3.64. The van der Waals surface area contributed by atoms with Crippen molar-refractivity contribution < 1.29 is 9.53 Å². The molecule has 0 unspecified atom stereocenters. The fourth-order valence-electron chi connectivity index (χ4n) is 2.35. The van der Waals surface area contributed by atoms with E-state index in [9.17, 15) is 4.79 Å². The van der Waals surface area contributed by atoms with Crippen molar-refractivity contribution in [1.29, 1.82) is 0 Å². The molecule has 1 amide bonds. The van der Waals surface area contributed by atoms with E-state index in [1.165, 1.54) is 5.56 Å². The summed E-state index contributed by atoms with van der Waals surface area (Å²) in [5.74, 6) is 0.730. The minimum absolute atomic E-state index is 0.118. The molecular weight excluding hydrogens is 298 g/mol. The number of aryl methyl sites for hydroxylation is 1.